The van der Waals surface area contributed by atoms with Crippen LogP contribution in [0.1, 0.15) is 112 Å². The molecule has 0 aromatic rings. The fourth-order valence-electron chi connectivity index (χ4n) is 8.86. The normalized spacial score (nSPS) is 45.8. The molecule has 3 fully saturated rings. The molecule has 0 amide bonds. The zero-order valence-corrected chi connectivity index (χ0v) is 20.1. The fraction of sp³-hybridized carbons (Fsp3) is 0.929. The van der Waals surface area contributed by atoms with Crippen LogP contribution in [-0.4, -0.2) is 11.2 Å². The highest BCUT2D eigenvalue weighted by atomic mass is 16.3. The van der Waals surface area contributed by atoms with Crippen LogP contribution < -0.4 is 0 Å². The Morgan fingerprint density at radius 2 is 1.79 bits per heavy atom. The predicted molar refractivity (Wildman–Crippen MR) is 124 cm³/mol. The summed E-state index contributed by atoms with van der Waals surface area (Å²) in [6.07, 6.45) is 18.6. The van der Waals surface area contributed by atoms with Gasteiger partial charge in [-0.1, -0.05) is 72.0 Å². The van der Waals surface area contributed by atoms with Crippen LogP contribution in [0.2, 0.25) is 0 Å². The first-order valence-corrected chi connectivity index (χ1v) is 13.1. The number of aliphatic hydroxyl groups is 1. The van der Waals surface area contributed by atoms with E-state index in [-0.39, 0.29) is 6.10 Å². The van der Waals surface area contributed by atoms with Crippen LogP contribution in [0.5, 0.6) is 0 Å². The van der Waals surface area contributed by atoms with Gasteiger partial charge in [0.1, 0.15) is 0 Å². The maximum atomic E-state index is 10.2. The van der Waals surface area contributed by atoms with Crippen molar-refractivity contribution in [1.29, 1.82) is 0 Å². The zero-order chi connectivity index (χ0) is 20.8. The molecule has 0 saturated heterocycles. The highest BCUT2D eigenvalue weighted by Gasteiger charge is 2.57. The minimum atomic E-state index is -0.0783. The van der Waals surface area contributed by atoms with Crippen LogP contribution in [0.3, 0.4) is 0 Å². The number of hydrogen-bond acceptors (Lipinski definition) is 1. The molecule has 1 heteroatoms. The average Bonchev–Trinajstić information content (AvgIpc) is 2.67. The molecule has 1 nitrogen and oxygen atoms in total. The summed E-state index contributed by atoms with van der Waals surface area (Å²) in [6.45, 7) is 12.6. The van der Waals surface area contributed by atoms with Gasteiger partial charge in [-0.25, -0.2) is 0 Å². The topological polar surface area (TPSA) is 20.2 Å². The molecular weight excluding hydrogens is 352 g/mol. The van der Waals surface area contributed by atoms with Gasteiger partial charge in [-0.15, -0.1) is 0 Å². The standard InChI is InChI=1S/C28H48O/c1-19(2)8-6-9-20(3)24-10-7-11-25-23-13-12-21-18-22(29)14-16-27(21,4)26(23)15-17-28(24,25)5/h12,19-20,22-26,29H,6-11,13-18H2,1-5H3. The van der Waals surface area contributed by atoms with Gasteiger partial charge < -0.3 is 5.11 Å². The predicted octanol–water partition coefficient (Wildman–Crippen LogP) is 7.78. The van der Waals surface area contributed by atoms with Crippen LogP contribution in [0.4, 0.5) is 0 Å². The maximum absolute atomic E-state index is 10.2. The van der Waals surface area contributed by atoms with Gasteiger partial charge in [0.15, 0.2) is 0 Å². The van der Waals surface area contributed by atoms with Crippen molar-refractivity contribution in [3.8, 4) is 0 Å². The minimum absolute atomic E-state index is 0.0783. The van der Waals surface area contributed by atoms with E-state index in [1.54, 1.807) is 5.57 Å². The highest BCUT2D eigenvalue weighted by Crippen LogP contribution is 2.66. The van der Waals surface area contributed by atoms with E-state index < -0.39 is 0 Å². The van der Waals surface area contributed by atoms with Crippen molar-refractivity contribution in [2.45, 2.75) is 118 Å². The first kappa shape index (κ1) is 21.9. The largest absolute Gasteiger partial charge is 0.393 e. The summed E-state index contributed by atoms with van der Waals surface area (Å²) in [5.41, 5.74) is 2.58. The molecule has 8 atom stereocenters. The molecule has 4 aliphatic carbocycles. The summed E-state index contributed by atoms with van der Waals surface area (Å²) >= 11 is 0. The monoisotopic (exact) mass is 400 g/mol. The summed E-state index contributed by atoms with van der Waals surface area (Å²) in [6, 6.07) is 0. The zero-order valence-electron chi connectivity index (χ0n) is 20.1. The van der Waals surface area contributed by atoms with E-state index in [0.29, 0.717) is 10.8 Å². The third-order valence-electron chi connectivity index (χ3n) is 10.5. The van der Waals surface area contributed by atoms with Crippen molar-refractivity contribution in [1.82, 2.24) is 0 Å². The molecule has 0 aromatic heterocycles. The molecule has 0 aliphatic heterocycles. The third-order valence-corrected chi connectivity index (χ3v) is 10.5. The molecule has 3 saturated carbocycles. The van der Waals surface area contributed by atoms with Gasteiger partial charge >= 0.3 is 0 Å². The van der Waals surface area contributed by atoms with Gasteiger partial charge in [0, 0.05) is 0 Å². The molecule has 4 rings (SSSR count). The molecule has 29 heavy (non-hydrogen) atoms. The second-order valence-corrected chi connectivity index (χ2v) is 12.5. The lowest BCUT2D eigenvalue weighted by molar-refractivity contribution is -0.109. The van der Waals surface area contributed by atoms with Crippen molar-refractivity contribution < 1.29 is 5.11 Å². The van der Waals surface area contributed by atoms with Crippen LogP contribution in [0, 0.1) is 46.3 Å². The lowest BCUT2D eigenvalue weighted by Crippen LogP contribution is -2.54. The molecular formula is C28H48O. The lowest BCUT2D eigenvalue weighted by atomic mass is 9.42. The maximum Gasteiger partial charge on any atom is 0.0577 e. The molecule has 0 heterocycles. The Labute approximate surface area is 181 Å². The van der Waals surface area contributed by atoms with Crippen LogP contribution in [0.15, 0.2) is 11.6 Å². The van der Waals surface area contributed by atoms with Gasteiger partial charge in [0.2, 0.25) is 0 Å². The summed E-state index contributed by atoms with van der Waals surface area (Å²) in [5.74, 6) is 5.42. The van der Waals surface area contributed by atoms with Crippen molar-refractivity contribution >= 4 is 0 Å². The summed E-state index contributed by atoms with van der Waals surface area (Å²) < 4.78 is 0. The van der Waals surface area contributed by atoms with Crippen molar-refractivity contribution in [3.05, 3.63) is 11.6 Å². The van der Waals surface area contributed by atoms with Crippen molar-refractivity contribution in [3.63, 3.8) is 0 Å². The van der Waals surface area contributed by atoms with Crippen molar-refractivity contribution in [2.75, 3.05) is 0 Å². The first-order valence-electron chi connectivity index (χ1n) is 13.1. The van der Waals surface area contributed by atoms with E-state index >= 15 is 0 Å². The van der Waals surface area contributed by atoms with E-state index in [0.717, 1.165) is 48.3 Å². The Hall–Kier alpha value is -0.300. The van der Waals surface area contributed by atoms with E-state index in [1.165, 1.54) is 64.2 Å². The summed E-state index contributed by atoms with van der Waals surface area (Å²) in [7, 11) is 0. The lowest BCUT2D eigenvalue weighted by Gasteiger charge is -2.62. The number of hydrogen-bond donors (Lipinski definition) is 1. The number of allylic oxidation sites excluding steroid dienone is 1. The van der Waals surface area contributed by atoms with Crippen molar-refractivity contribution in [2.24, 2.45) is 46.3 Å². The summed E-state index contributed by atoms with van der Waals surface area (Å²) in [4.78, 5) is 0. The molecule has 0 spiro atoms. The Balaban J connectivity index is 1.52. The summed E-state index contributed by atoms with van der Waals surface area (Å²) in [5, 5.41) is 10.2. The van der Waals surface area contributed by atoms with Crippen LogP contribution >= 0.6 is 0 Å². The van der Waals surface area contributed by atoms with Gasteiger partial charge in [-0.3, -0.25) is 0 Å². The molecule has 0 radical (unpaired) electrons. The minimum Gasteiger partial charge on any atom is -0.393 e. The molecule has 8 unspecified atom stereocenters. The van der Waals surface area contributed by atoms with Gasteiger partial charge in [-0.05, 0) is 97.7 Å². The van der Waals surface area contributed by atoms with Gasteiger partial charge in [-0.2, -0.15) is 0 Å². The molecule has 0 bridgehead atoms. The Bertz CT molecular complexity index is 605. The van der Waals surface area contributed by atoms with Gasteiger partial charge in [0.05, 0.1) is 6.10 Å². The second kappa shape index (κ2) is 8.33. The smallest absolute Gasteiger partial charge is 0.0577 e. The van der Waals surface area contributed by atoms with E-state index in [4.69, 9.17) is 0 Å². The average molecular weight is 401 g/mol. The number of aliphatic hydroxyl groups excluding tert-OH is 1. The highest BCUT2D eigenvalue weighted by molar-refractivity contribution is 5.25. The van der Waals surface area contributed by atoms with Crippen LogP contribution in [0.25, 0.3) is 0 Å². The first-order chi connectivity index (χ1) is 13.8. The molecule has 1 N–H and O–H groups in total. The fourth-order valence-corrected chi connectivity index (χ4v) is 8.86. The molecule has 4 aliphatic rings. The number of fused-ring (bicyclic) bond motifs is 5. The quantitative estimate of drug-likeness (QED) is 0.467. The molecule has 166 valence electrons. The van der Waals surface area contributed by atoms with E-state index in [2.05, 4.69) is 40.7 Å². The number of rotatable bonds is 5. The van der Waals surface area contributed by atoms with Gasteiger partial charge in [0.25, 0.3) is 0 Å². The van der Waals surface area contributed by atoms with Crippen LogP contribution in [-0.2, 0) is 0 Å². The Morgan fingerprint density at radius 1 is 1.00 bits per heavy atom. The molecule has 0 aromatic carbocycles. The Kier molecular flexibility index (Phi) is 6.29. The second-order valence-electron chi connectivity index (χ2n) is 12.5. The van der Waals surface area contributed by atoms with E-state index in [1.807, 2.05) is 0 Å². The Morgan fingerprint density at radius 3 is 2.55 bits per heavy atom. The van der Waals surface area contributed by atoms with E-state index in [9.17, 15) is 5.11 Å². The third kappa shape index (κ3) is 3.88. The SMILES string of the molecule is CC(C)CCCC(C)C1CCCC2C3CC=C4CC(O)CCC4(C)C3CCC12C.